The first-order valence-electron chi connectivity index (χ1n) is 6.85. The van der Waals surface area contributed by atoms with Gasteiger partial charge in [0.05, 0.1) is 11.3 Å². The molecule has 0 atom stereocenters. The normalized spacial score (nSPS) is 10.7. The molecule has 2 aromatic heterocycles. The maximum Gasteiger partial charge on any atom is 0.229 e. The molecule has 0 amide bonds. The lowest BCUT2D eigenvalue weighted by molar-refractivity contribution is 0.410. The highest BCUT2D eigenvalue weighted by molar-refractivity contribution is 5.49. The van der Waals surface area contributed by atoms with Crippen molar-refractivity contribution in [2.45, 2.75) is 34.1 Å². The molecule has 0 bridgehead atoms. The van der Waals surface area contributed by atoms with Gasteiger partial charge in [0.25, 0.3) is 0 Å². The number of nitrogens with zero attached hydrogens (tertiary/aromatic N) is 4. The Kier molecular flexibility index (Phi) is 4.22. The predicted molar refractivity (Wildman–Crippen MR) is 78.3 cm³/mol. The summed E-state index contributed by atoms with van der Waals surface area (Å²) in [5.74, 6) is 2.85. The molecule has 2 aromatic rings. The first-order chi connectivity index (χ1) is 9.55. The van der Waals surface area contributed by atoms with Crippen molar-refractivity contribution in [3.05, 3.63) is 23.1 Å². The smallest absolute Gasteiger partial charge is 0.229 e. The van der Waals surface area contributed by atoms with E-state index in [1.54, 1.807) is 4.68 Å². The summed E-state index contributed by atoms with van der Waals surface area (Å²) in [7, 11) is 1.85. The van der Waals surface area contributed by atoms with Crippen molar-refractivity contribution in [3.63, 3.8) is 0 Å². The van der Waals surface area contributed by atoms with E-state index in [0.29, 0.717) is 11.8 Å². The van der Waals surface area contributed by atoms with Crippen LogP contribution in [0.25, 0.3) is 0 Å². The highest BCUT2D eigenvalue weighted by atomic mass is 16.5. The highest BCUT2D eigenvalue weighted by Crippen LogP contribution is 2.27. The largest absolute Gasteiger partial charge is 0.420 e. The Morgan fingerprint density at radius 1 is 1.25 bits per heavy atom. The number of hydrogen-bond acceptors (Lipinski definition) is 5. The first-order valence-corrected chi connectivity index (χ1v) is 6.85. The van der Waals surface area contributed by atoms with Crippen LogP contribution < -0.4 is 10.1 Å². The number of anilines is 1. The van der Waals surface area contributed by atoms with Gasteiger partial charge >= 0.3 is 0 Å². The van der Waals surface area contributed by atoms with E-state index in [2.05, 4.69) is 20.4 Å². The Labute approximate surface area is 119 Å². The quantitative estimate of drug-likeness (QED) is 0.908. The van der Waals surface area contributed by atoms with Gasteiger partial charge in [0, 0.05) is 26.1 Å². The van der Waals surface area contributed by atoms with Crippen LogP contribution >= 0.6 is 0 Å². The lowest BCUT2D eigenvalue weighted by Gasteiger charge is -2.13. The Balaban J connectivity index is 2.39. The third-order valence-electron chi connectivity index (χ3n) is 2.97. The van der Waals surface area contributed by atoms with Gasteiger partial charge in [-0.05, 0) is 20.8 Å². The van der Waals surface area contributed by atoms with Crippen molar-refractivity contribution < 1.29 is 4.74 Å². The fourth-order valence-corrected chi connectivity index (χ4v) is 1.92. The fraction of sp³-hybridized carbons (Fsp3) is 0.500. The summed E-state index contributed by atoms with van der Waals surface area (Å²) in [5.41, 5.74) is 1.82. The molecule has 0 aliphatic heterocycles. The van der Waals surface area contributed by atoms with Gasteiger partial charge < -0.3 is 10.1 Å². The zero-order valence-electron chi connectivity index (χ0n) is 12.7. The topological polar surface area (TPSA) is 64.9 Å². The monoisotopic (exact) mass is 275 g/mol. The summed E-state index contributed by atoms with van der Waals surface area (Å²) >= 11 is 0. The molecule has 0 aromatic carbocycles. The van der Waals surface area contributed by atoms with Crippen molar-refractivity contribution >= 4 is 5.82 Å². The summed E-state index contributed by atoms with van der Waals surface area (Å²) in [6.07, 6.45) is 0.763. The molecular weight excluding hydrogens is 254 g/mol. The van der Waals surface area contributed by atoms with Crippen LogP contribution in [0.3, 0.4) is 0 Å². The Bertz CT molecular complexity index is 606. The van der Waals surface area contributed by atoms with Crippen molar-refractivity contribution in [1.29, 1.82) is 0 Å². The molecule has 0 saturated carbocycles. The van der Waals surface area contributed by atoms with E-state index in [1.807, 2.05) is 40.8 Å². The summed E-state index contributed by atoms with van der Waals surface area (Å²) in [6, 6.07) is 1.89. The lowest BCUT2D eigenvalue weighted by atomic mass is 10.3. The van der Waals surface area contributed by atoms with Crippen molar-refractivity contribution in [3.8, 4) is 11.8 Å². The van der Waals surface area contributed by atoms with Crippen LogP contribution in [-0.4, -0.2) is 26.3 Å². The van der Waals surface area contributed by atoms with Crippen LogP contribution in [0.4, 0.5) is 5.82 Å². The van der Waals surface area contributed by atoms with Crippen LogP contribution in [0.2, 0.25) is 0 Å². The molecule has 0 saturated heterocycles. The molecule has 20 heavy (non-hydrogen) atoms. The maximum absolute atomic E-state index is 5.90. The maximum atomic E-state index is 5.90. The van der Waals surface area contributed by atoms with Crippen molar-refractivity contribution in [2.24, 2.45) is 7.05 Å². The van der Waals surface area contributed by atoms with Gasteiger partial charge in [0.1, 0.15) is 11.6 Å². The number of nitrogens with one attached hydrogen (secondary N) is 1. The average molecular weight is 275 g/mol. The zero-order chi connectivity index (χ0) is 14.7. The van der Waals surface area contributed by atoms with Crippen LogP contribution in [0.5, 0.6) is 11.8 Å². The van der Waals surface area contributed by atoms with Gasteiger partial charge in [-0.2, -0.15) is 10.1 Å². The van der Waals surface area contributed by atoms with Crippen molar-refractivity contribution in [1.82, 2.24) is 19.7 Å². The predicted octanol–water partition coefficient (Wildman–Crippen LogP) is 2.61. The van der Waals surface area contributed by atoms with Crippen LogP contribution in [0, 0.1) is 13.8 Å². The minimum absolute atomic E-state index is 0.579. The average Bonchev–Trinajstić information content (AvgIpc) is 2.72. The molecule has 0 unspecified atom stereocenters. The van der Waals surface area contributed by atoms with E-state index < -0.39 is 0 Å². The van der Waals surface area contributed by atoms with Gasteiger partial charge in [-0.15, -0.1) is 0 Å². The third kappa shape index (κ3) is 2.89. The van der Waals surface area contributed by atoms with Gasteiger partial charge in [-0.25, -0.2) is 9.67 Å². The highest BCUT2D eigenvalue weighted by Gasteiger charge is 2.13. The second kappa shape index (κ2) is 5.90. The lowest BCUT2D eigenvalue weighted by Crippen LogP contribution is -2.08. The molecule has 108 valence electrons. The van der Waals surface area contributed by atoms with E-state index >= 15 is 0 Å². The molecule has 6 nitrogen and oxygen atoms in total. The van der Waals surface area contributed by atoms with E-state index in [0.717, 1.165) is 35.9 Å². The summed E-state index contributed by atoms with van der Waals surface area (Å²) in [5, 5.41) is 7.51. The van der Waals surface area contributed by atoms with E-state index in [4.69, 9.17) is 4.74 Å². The molecule has 2 heterocycles. The van der Waals surface area contributed by atoms with Crippen LogP contribution in [0.1, 0.15) is 30.9 Å². The number of ether oxygens (including phenoxy) is 1. The Morgan fingerprint density at radius 3 is 2.55 bits per heavy atom. The second-order valence-corrected chi connectivity index (χ2v) is 4.65. The van der Waals surface area contributed by atoms with E-state index in [1.165, 1.54) is 0 Å². The standard InChI is InChI=1S/C14H21N5O/c1-6-11-16-13(15-7-2)10(4)14(17-11)20-12-8-9(3)18-19(12)5/h8H,6-7H2,1-5H3,(H,15,16,17). The third-order valence-corrected chi connectivity index (χ3v) is 2.97. The molecular formula is C14H21N5O. The number of rotatable bonds is 5. The summed E-state index contributed by atoms with van der Waals surface area (Å²) < 4.78 is 7.60. The van der Waals surface area contributed by atoms with Gasteiger partial charge in [-0.1, -0.05) is 6.92 Å². The molecule has 1 N–H and O–H groups in total. The van der Waals surface area contributed by atoms with Gasteiger partial charge in [0.15, 0.2) is 0 Å². The molecule has 0 radical (unpaired) electrons. The summed E-state index contributed by atoms with van der Waals surface area (Å²) in [4.78, 5) is 8.95. The number of aromatic nitrogens is 4. The Morgan fingerprint density at radius 2 is 2.00 bits per heavy atom. The molecule has 0 fully saturated rings. The van der Waals surface area contributed by atoms with Crippen LogP contribution in [-0.2, 0) is 13.5 Å². The first kappa shape index (κ1) is 14.3. The van der Waals surface area contributed by atoms with Crippen molar-refractivity contribution in [2.75, 3.05) is 11.9 Å². The molecule has 0 spiro atoms. The molecule has 2 rings (SSSR count). The zero-order valence-corrected chi connectivity index (χ0v) is 12.7. The molecule has 6 heteroatoms. The number of hydrogen-bond donors (Lipinski definition) is 1. The molecule has 0 aliphatic carbocycles. The minimum Gasteiger partial charge on any atom is -0.420 e. The minimum atomic E-state index is 0.579. The van der Waals surface area contributed by atoms with E-state index in [-0.39, 0.29) is 0 Å². The number of aryl methyl sites for hydroxylation is 3. The van der Waals surface area contributed by atoms with E-state index in [9.17, 15) is 0 Å². The second-order valence-electron chi connectivity index (χ2n) is 4.65. The summed E-state index contributed by atoms with van der Waals surface area (Å²) in [6.45, 7) is 8.76. The van der Waals surface area contributed by atoms with Crippen LogP contribution in [0.15, 0.2) is 6.07 Å². The molecule has 0 aliphatic rings. The fourth-order valence-electron chi connectivity index (χ4n) is 1.92. The SMILES string of the molecule is CCNc1nc(CC)nc(Oc2cc(C)nn2C)c1C. The van der Waals surface area contributed by atoms with Gasteiger partial charge in [-0.3, -0.25) is 0 Å². The van der Waals surface area contributed by atoms with Gasteiger partial charge in [0.2, 0.25) is 11.8 Å². The Hall–Kier alpha value is -2.11.